The molecule has 1 aliphatic rings. The van der Waals surface area contributed by atoms with Crippen LogP contribution >= 0.6 is 11.6 Å². The molecule has 0 aromatic carbocycles. The van der Waals surface area contributed by atoms with Gasteiger partial charge in [0.1, 0.15) is 5.38 Å². The number of nitrogens with one attached hydrogen (secondary N) is 1. The van der Waals surface area contributed by atoms with Gasteiger partial charge in [0.05, 0.1) is 0 Å². The number of hydrogen-bond donors (Lipinski definition) is 1. The fourth-order valence-electron chi connectivity index (χ4n) is 1.97. The van der Waals surface area contributed by atoms with Gasteiger partial charge in [0.15, 0.2) is 0 Å². The number of rotatable bonds is 3. The van der Waals surface area contributed by atoms with Gasteiger partial charge in [0, 0.05) is 6.04 Å². The minimum atomic E-state index is -0.228. The van der Waals surface area contributed by atoms with E-state index in [9.17, 15) is 0 Å². The van der Waals surface area contributed by atoms with Crippen LogP contribution < -0.4 is 5.32 Å². The van der Waals surface area contributed by atoms with Crippen LogP contribution in [0.5, 0.6) is 0 Å². The second kappa shape index (κ2) is 4.39. The number of nitrogens with zero attached hydrogens (tertiary/aromatic N) is 2. The largest absolute Gasteiger partial charge is 0.406 e. The van der Waals surface area contributed by atoms with Crippen LogP contribution in [0.15, 0.2) is 4.42 Å². The van der Waals surface area contributed by atoms with Crippen molar-refractivity contribution in [3.05, 3.63) is 5.89 Å². The third-order valence-corrected chi connectivity index (χ3v) is 3.14. The van der Waals surface area contributed by atoms with Gasteiger partial charge in [-0.25, -0.2) is 0 Å². The molecule has 0 spiro atoms. The Bertz CT molecular complexity index is 326. The zero-order chi connectivity index (χ0) is 10.8. The van der Waals surface area contributed by atoms with Crippen molar-refractivity contribution >= 4 is 17.6 Å². The van der Waals surface area contributed by atoms with E-state index in [2.05, 4.69) is 22.4 Å². The summed E-state index contributed by atoms with van der Waals surface area (Å²) in [4.78, 5) is 0. The Labute approximate surface area is 94.4 Å². The Hall–Kier alpha value is -0.770. The monoisotopic (exact) mass is 229 g/mol. The minimum Gasteiger partial charge on any atom is -0.406 e. The Morgan fingerprint density at radius 1 is 1.47 bits per heavy atom. The van der Waals surface area contributed by atoms with Crippen LogP contribution in [0.2, 0.25) is 0 Å². The standard InChI is InChI=1S/C10H16ClN3O/c1-6-4-3-5-8(6)12-10-14-13-9(15-10)7(2)11/h6-8H,3-5H2,1-2H3,(H,12,14). The highest BCUT2D eigenvalue weighted by Crippen LogP contribution is 2.28. The molecule has 0 aliphatic heterocycles. The quantitative estimate of drug-likeness (QED) is 0.810. The lowest BCUT2D eigenvalue weighted by Gasteiger charge is -2.14. The molecule has 1 saturated carbocycles. The first-order valence-corrected chi connectivity index (χ1v) is 5.84. The van der Waals surface area contributed by atoms with Gasteiger partial charge in [-0.05, 0) is 25.7 Å². The Balaban J connectivity index is 1.98. The Morgan fingerprint density at radius 3 is 2.80 bits per heavy atom. The molecule has 0 saturated heterocycles. The lowest BCUT2D eigenvalue weighted by molar-refractivity contribution is 0.482. The molecule has 84 valence electrons. The van der Waals surface area contributed by atoms with Crippen molar-refractivity contribution in [3.8, 4) is 0 Å². The van der Waals surface area contributed by atoms with Crippen LogP contribution in [0.1, 0.15) is 44.4 Å². The average Bonchev–Trinajstić information content (AvgIpc) is 2.77. The van der Waals surface area contributed by atoms with E-state index in [0.717, 1.165) is 0 Å². The van der Waals surface area contributed by atoms with E-state index in [-0.39, 0.29) is 5.38 Å². The molecule has 4 nitrogen and oxygen atoms in total. The summed E-state index contributed by atoms with van der Waals surface area (Å²) in [5.41, 5.74) is 0. The van der Waals surface area contributed by atoms with Crippen molar-refractivity contribution in [2.75, 3.05) is 5.32 Å². The summed E-state index contributed by atoms with van der Waals surface area (Å²) >= 11 is 5.84. The summed E-state index contributed by atoms with van der Waals surface area (Å²) in [6.45, 7) is 4.06. The molecule has 15 heavy (non-hydrogen) atoms. The van der Waals surface area contributed by atoms with E-state index in [4.69, 9.17) is 16.0 Å². The van der Waals surface area contributed by atoms with Gasteiger partial charge in [0.25, 0.3) is 0 Å². The molecule has 0 radical (unpaired) electrons. The van der Waals surface area contributed by atoms with Crippen molar-refractivity contribution in [1.29, 1.82) is 0 Å². The van der Waals surface area contributed by atoms with Gasteiger partial charge in [-0.15, -0.1) is 16.7 Å². The number of halogens is 1. The molecular weight excluding hydrogens is 214 g/mol. The highest BCUT2D eigenvalue weighted by Gasteiger charge is 2.24. The molecule has 5 heteroatoms. The lowest BCUT2D eigenvalue weighted by Crippen LogP contribution is -2.21. The fourth-order valence-corrected chi connectivity index (χ4v) is 2.06. The van der Waals surface area contributed by atoms with Crippen molar-refractivity contribution in [2.45, 2.75) is 44.5 Å². The van der Waals surface area contributed by atoms with Gasteiger partial charge in [-0.3, -0.25) is 0 Å². The topological polar surface area (TPSA) is 51.0 Å². The smallest absolute Gasteiger partial charge is 0.315 e. The molecule has 1 fully saturated rings. The first-order chi connectivity index (χ1) is 7.16. The molecule has 1 heterocycles. The summed E-state index contributed by atoms with van der Waals surface area (Å²) < 4.78 is 5.39. The first kappa shape index (κ1) is 10.7. The van der Waals surface area contributed by atoms with Crippen LogP contribution in [0.25, 0.3) is 0 Å². The van der Waals surface area contributed by atoms with E-state index in [1.165, 1.54) is 19.3 Å². The SMILES string of the molecule is CC(Cl)c1nnc(NC2CCCC2C)o1. The third kappa shape index (κ3) is 2.43. The molecule has 1 aromatic rings. The summed E-state index contributed by atoms with van der Waals surface area (Å²) in [5, 5.41) is 10.8. The van der Waals surface area contributed by atoms with Gasteiger partial charge >= 0.3 is 6.01 Å². The number of alkyl halides is 1. The highest BCUT2D eigenvalue weighted by atomic mass is 35.5. The highest BCUT2D eigenvalue weighted by molar-refractivity contribution is 6.20. The molecule has 3 atom stereocenters. The van der Waals surface area contributed by atoms with Crippen LogP contribution in [0.3, 0.4) is 0 Å². The average molecular weight is 230 g/mol. The normalized spacial score (nSPS) is 27.9. The molecule has 1 N–H and O–H groups in total. The van der Waals surface area contributed by atoms with E-state index in [1.807, 2.05) is 6.92 Å². The number of hydrogen-bond acceptors (Lipinski definition) is 4. The summed E-state index contributed by atoms with van der Waals surface area (Å²) in [7, 11) is 0. The van der Waals surface area contributed by atoms with Crippen LogP contribution in [-0.2, 0) is 0 Å². The molecule has 1 aromatic heterocycles. The zero-order valence-electron chi connectivity index (χ0n) is 9.03. The minimum absolute atomic E-state index is 0.228. The van der Waals surface area contributed by atoms with Crippen molar-refractivity contribution in [2.24, 2.45) is 5.92 Å². The van der Waals surface area contributed by atoms with Gasteiger partial charge in [-0.2, -0.15) is 0 Å². The van der Waals surface area contributed by atoms with Crippen molar-refractivity contribution < 1.29 is 4.42 Å². The maximum Gasteiger partial charge on any atom is 0.315 e. The Morgan fingerprint density at radius 2 is 2.27 bits per heavy atom. The van der Waals surface area contributed by atoms with Crippen LogP contribution in [0.4, 0.5) is 6.01 Å². The molecule has 0 bridgehead atoms. The van der Waals surface area contributed by atoms with E-state index in [1.54, 1.807) is 0 Å². The summed E-state index contributed by atoms with van der Waals surface area (Å²) in [6, 6.07) is 0.959. The summed E-state index contributed by atoms with van der Waals surface area (Å²) in [5.74, 6) is 1.15. The van der Waals surface area contributed by atoms with E-state index >= 15 is 0 Å². The molecular formula is C10H16ClN3O. The predicted octanol–water partition coefficient (Wildman–Crippen LogP) is 2.97. The van der Waals surface area contributed by atoms with Crippen LogP contribution in [-0.4, -0.2) is 16.2 Å². The fraction of sp³-hybridized carbons (Fsp3) is 0.800. The number of aromatic nitrogens is 2. The first-order valence-electron chi connectivity index (χ1n) is 5.41. The maximum absolute atomic E-state index is 5.84. The van der Waals surface area contributed by atoms with Gasteiger partial charge in [0.2, 0.25) is 5.89 Å². The second-order valence-corrected chi connectivity index (χ2v) is 4.88. The van der Waals surface area contributed by atoms with Gasteiger partial charge < -0.3 is 9.73 Å². The predicted molar refractivity (Wildman–Crippen MR) is 59.0 cm³/mol. The molecule has 2 rings (SSSR count). The van der Waals surface area contributed by atoms with Crippen LogP contribution in [0, 0.1) is 5.92 Å². The zero-order valence-corrected chi connectivity index (χ0v) is 9.79. The second-order valence-electron chi connectivity index (χ2n) is 4.22. The Kier molecular flexibility index (Phi) is 3.14. The molecule has 1 aliphatic carbocycles. The number of anilines is 1. The van der Waals surface area contributed by atoms with E-state index < -0.39 is 0 Å². The van der Waals surface area contributed by atoms with Crippen molar-refractivity contribution in [3.63, 3.8) is 0 Å². The maximum atomic E-state index is 5.84. The summed E-state index contributed by atoms with van der Waals surface area (Å²) in [6.07, 6.45) is 3.71. The third-order valence-electron chi connectivity index (χ3n) is 2.95. The van der Waals surface area contributed by atoms with Crippen molar-refractivity contribution in [1.82, 2.24) is 10.2 Å². The lowest BCUT2D eigenvalue weighted by atomic mass is 10.1. The molecule has 3 unspecified atom stereocenters. The van der Waals surface area contributed by atoms with E-state index in [0.29, 0.717) is 23.9 Å². The van der Waals surface area contributed by atoms with Gasteiger partial charge in [-0.1, -0.05) is 18.4 Å². The molecule has 0 amide bonds.